The van der Waals surface area contributed by atoms with Crippen molar-refractivity contribution in [3.63, 3.8) is 0 Å². The van der Waals surface area contributed by atoms with E-state index in [2.05, 4.69) is 5.32 Å². The van der Waals surface area contributed by atoms with Gasteiger partial charge in [0, 0.05) is 6.54 Å². The van der Waals surface area contributed by atoms with E-state index in [-0.39, 0.29) is 35.5 Å². The lowest BCUT2D eigenvalue weighted by molar-refractivity contribution is 0.0787. The summed E-state index contributed by atoms with van der Waals surface area (Å²) < 4.78 is 45.1. The number of carbonyl (C=O) groups excluding carboxylic acids is 1. The molecule has 0 fully saturated rings. The summed E-state index contributed by atoms with van der Waals surface area (Å²) in [5, 5.41) is 2.81. The van der Waals surface area contributed by atoms with Crippen LogP contribution in [-0.2, 0) is 16.4 Å². The number of fused-ring (bicyclic) bond motifs is 2. The predicted molar refractivity (Wildman–Crippen MR) is 126 cm³/mol. The summed E-state index contributed by atoms with van der Waals surface area (Å²) in [6, 6.07) is 19.1. The fourth-order valence-corrected chi connectivity index (χ4v) is 5.71. The Balaban J connectivity index is 1.35. The average molecular weight is 481 g/mol. The number of hydrogen-bond donors (Lipinski definition) is 1. The van der Waals surface area contributed by atoms with Crippen molar-refractivity contribution in [1.82, 2.24) is 5.32 Å². The monoisotopic (exact) mass is 480 g/mol. The summed E-state index contributed by atoms with van der Waals surface area (Å²) >= 11 is 0. The van der Waals surface area contributed by atoms with E-state index in [0.29, 0.717) is 30.2 Å². The molecule has 0 bridgehead atoms. The second-order valence-corrected chi connectivity index (χ2v) is 9.89. The molecule has 0 saturated carbocycles. The second-order valence-electron chi connectivity index (χ2n) is 8.03. The molecule has 8 nitrogen and oxygen atoms in total. The van der Waals surface area contributed by atoms with Crippen molar-refractivity contribution < 1.29 is 27.4 Å². The zero-order chi connectivity index (χ0) is 23.7. The molecule has 5 rings (SSSR count). The third-order valence-electron chi connectivity index (χ3n) is 5.91. The number of methoxy groups -OCH3 is 1. The Kier molecular flexibility index (Phi) is 5.79. The average Bonchev–Trinajstić information content (AvgIpc) is 3.32. The molecule has 3 aromatic rings. The smallest absolute Gasteiger partial charge is 0.264 e. The summed E-state index contributed by atoms with van der Waals surface area (Å²) in [5.74, 6) is 1.10. The fraction of sp³-hybridized carbons (Fsp3) is 0.240. The number of benzene rings is 3. The molecular weight excluding hydrogens is 456 g/mol. The molecule has 0 radical (unpaired) electrons. The zero-order valence-corrected chi connectivity index (χ0v) is 19.4. The molecule has 1 atom stereocenters. The van der Waals surface area contributed by atoms with Crippen LogP contribution in [-0.4, -0.2) is 47.2 Å². The summed E-state index contributed by atoms with van der Waals surface area (Å²) in [6.07, 6.45) is 0.267. The normalized spacial score (nSPS) is 16.6. The first-order valence-corrected chi connectivity index (χ1v) is 12.4. The molecule has 176 valence electrons. The molecule has 2 heterocycles. The van der Waals surface area contributed by atoms with Crippen LogP contribution in [0.5, 0.6) is 17.2 Å². The van der Waals surface area contributed by atoms with Crippen molar-refractivity contribution in [1.29, 1.82) is 0 Å². The number of carbonyl (C=O) groups is 1. The van der Waals surface area contributed by atoms with Crippen molar-refractivity contribution in [3.8, 4) is 17.2 Å². The van der Waals surface area contributed by atoms with Crippen molar-refractivity contribution in [3.05, 3.63) is 77.9 Å². The lowest BCUT2D eigenvalue weighted by Crippen LogP contribution is -2.40. The predicted octanol–water partition coefficient (Wildman–Crippen LogP) is 3.02. The fourth-order valence-electron chi connectivity index (χ4n) is 4.18. The van der Waals surface area contributed by atoms with E-state index < -0.39 is 15.9 Å². The van der Waals surface area contributed by atoms with Gasteiger partial charge >= 0.3 is 0 Å². The summed E-state index contributed by atoms with van der Waals surface area (Å²) in [4.78, 5) is 13.0. The molecule has 3 aromatic carbocycles. The maximum Gasteiger partial charge on any atom is 0.264 e. The first-order chi connectivity index (χ1) is 16.5. The van der Waals surface area contributed by atoms with Crippen LogP contribution in [0.15, 0.2) is 71.6 Å². The quantitative estimate of drug-likeness (QED) is 0.583. The molecule has 2 aliphatic heterocycles. The maximum atomic E-state index is 13.4. The van der Waals surface area contributed by atoms with E-state index in [0.717, 1.165) is 5.56 Å². The standard InChI is InChI=1S/C25H24N2O6S/c1-31-22-11-10-19(34(29,30)27-13-12-17-6-2-3-7-21(17)27)14-20(22)25(28)26-15-18-16-32-23-8-4-5-9-24(23)33-18/h2-11,14,18H,12-13,15-16H2,1H3,(H,26,28). The Labute approximate surface area is 198 Å². The van der Waals surface area contributed by atoms with E-state index >= 15 is 0 Å². The molecular formula is C25H24N2O6S. The van der Waals surface area contributed by atoms with Crippen LogP contribution < -0.4 is 23.8 Å². The Hall–Kier alpha value is -3.72. The van der Waals surface area contributed by atoms with Gasteiger partial charge in [-0.05, 0) is 48.4 Å². The number of ether oxygens (including phenoxy) is 3. The van der Waals surface area contributed by atoms with E-state index in [4.69, 9.17) is 14.2 Å². The van der Waals surface area contributed by atoms with E-state index in [1.165, 1.54) is 29.6 Å². The van der Waals surface area contributed by atoms with Crippen LogP contribution >= 0.6 is 0 Å². The number of hydrogen-bond acceptors (Lipinski definition) is 6. The van der Waals surface area contributed by atoms with Gasteiger partial charge in [-0.15, -0.1) is 0 Å². The minimum absolute atomic E-state index is 0.0290. The van der Waals surface area contributed by atoms with Gasteiger partial charge in [0.25, 0.3) is 15.9 Å². The highest BCUT2D eigenvalue weighted by Gasteiger charge is 2.32. The maximum absolute atomic E-state index is 13.4. The molecule has 1 unspecified atom stereocenters. The SMILES string of the molecule is COc1ccc(S(=O)(=O)N2CCc3ccccc32)cc1C(=O)NCC1COc2ccccc2O1. The minimum atomic E-state index is -3.85. The Bertz CT molecular complexity index is 1340. The number of nitrogens with one attached hydrogen (secondary N) is 1. The van der Waals surface area contributed by atoms with Crippen LogP contribution in [0.1, 0.15) is 15.9 Å². The molecule has 0 spiro atoms. The van der Waals surface area contributed by atoms with Crippen LogP contribution in [0.25, 0.3) is 0 Å². The van der Waals surface area contributed by atoms with Crippen molar-refractivity contribution in [2.45, 2.75) is 17.4 Å². The lowest BCUT2D eigenvalue weighted by Gasteiger charge is -2.26. The Morgan fingerprint density at radius 2 is 1.85 bits per heavy atom. The molecule has 0 saturated heterocycles. The van der Waals surface area contributed by atoms with Crippen LogP contribution in [0.2, 0.25) is 0 Å². The molecule has 2 aliphatic rings. The van der Waals surface area contributed by atoms with Gasteiger partial charge in [-0.2, -0.15) is 0 Å². The molecule has 1 amide bonds. The Morgan fingerprint density at radius 3 is 2.68 bits per heavy atom. The van der Waals surface area contributed by atoms with Gasteiger partial charge in [0.2, 0.25) is 0 Å². The van der Waals surface area contributed by atoms with Gasteiger partial charge in [0.1, 0.15) is 18.5 Å². The van der Waals surface area contributed by atoms with Gasteiger partial charge in [0.15, 0.2) is 11.5 Å². The third kappa shape index (κ3) is 4.03. The van der Waals surface area contributed by atoms with Gasteiger partial charge < -0.3 is 19.5 Å². The largest absolute Gasteiger partial charge is 0.496 e. The molecule has 0 aromatic heterocycles. The van der Waals surface area contributed by atoms with Gasteiger partial charge in [-0.3, -0.25) is 9.10 Å². The molecule has 9 heteroatoms. The van der Waals surface area contributed by atoms with Crippen molar-refractivity contribution in [2.24, 2.45) is 0 Å². The third-order valence-corrected chi connectivity index (χ3v) is 7.72. The number of nitrogens with zero attached hydrogens (tertiary/aromatic N) is 1. The van der Waals surface area contributed by atoms with E-state index in [1.54, 1.807) is 12.1 Å². The molecule has 34 heavy (non-hydrogen) atoms. The molecule has 0 aliphatic carbocycles. The van der Waals surface area contributed by atoms with Gasteiger partial charge in [0.05, 0.1) is 29.8 Å². The van der Waals surface area contributed by atoms with Gasteiger partial charge in [-0.25, -0.2) is 8.42 Å². The number of sulfonamides is 1. The highest BCUT2D eigenvalue weighted by Crippen LogP contribution is 2.34. The highest BCUT2D eigenvalue weighted by atomic mass is 32.2. The van der Waals surface area contributed by atoms with E-state index in [1.807, 2.05) is 36.4 Å². The number of rotatable bonds is 6. The first-order valence-electron chi connectivity index (χ1n) is 10.9. The van der Waals surface area contributed by atoms with Crippen LogP contribution in [0, 0.1) is 0 Å². The minimum Gasteiger partial charge on any atom is -0.496 e. The Morgan fingerprint density at radius 1 is 1.09 bits per heavy atom. The van der Waals surface area contributed by atoms with Crippen molar-refractivity contribution >= 4 is 21.6 Å². The summed E-state index contributed by atoms with van der Waals surface area (Å²) in [5.41, 5.74) is 1.78. The van der Waals surface area contributed by atoms with Crippen LogP contribution in [0.4, 0.5) is 5.69 Å². The second kappa shape index (κ2) is 8.90. The number of anilines is 1. The zero-order valence-electron chi connectivity index (χ0n) is 18.6. The number of amides is 1. The van der Waals surface area contributed by atoms with Gasteiger partial charge in [-0.1, -0.05) is 30.3 Å². The molecule has 1 N–H and O–H groups in total. The topological polar surface area (TPSA) is 94.2 Å². The summed E-state index contributed by atoms with van der Waals surface area (Å²) in [6.45, 7) is 0.833. The van der Waals surface area contributed by atoms with Crippen molar-refractivity contribution in [2.75, 3.05) is 31.1 Å². The number of para-hydroxylation sites is 3. The highest BCUT2D eigenvalue weighted by molar-refractivity contribution is 7.92. The first kappa shape index (κ1) is 22.1. The lowest BCUT2D eigenvalue weighted by atomic mass is 10.2. The van der Waals surface area contributed by atoms with Crippen LogP contribution in [0.3, 0.4) is 0 Å². The summed E-state index contributed by atoms with van der Waals surface area (Å²) in [7, 11) is -2.41. The van der Waals surface area contributed by atoms with E-state index in [9.17, 15) is 13.2 Å².